The molecule has 0 amide bonds. The molecule has 3 atom stereocenters. The monoisotopic (exact) mass is 322 g/mol. The van der Waals surface area contributed by atoms with Gasteiger partial charge in [-0.05, 0) is 25.8 Å². The third kappa shape index (κ3) is 3.24. The van der Waals surface area contributed by atoms with E-state index in [2.05, 4.69) is 0 Å². The highest BCUT2D eigenvalue weighted by atomic mass is 16.8. The van der Waals surface area contributed by atoms with Crippen LogP contribution in [0, 0.1) is 0 Å². The first-order valence-electron chi connectivity index (χ1n) is 8.13. The highest BCUT2D eigenvalue weighted by Gasteiger charge is 2.53. The molecule has 0 radical (unpaired) electrons. The van der Waals surface area contributed by atoms with Gasteiger partial charge >= 0.3 is 5.97 Å². The second-order valence-corrected chi connectivity index (χ2v) is 6.24. The van der Waals surface area contributed by atoms with Crippen LogP contribution in [0.3, 0.4) is 0 Å². The molecule has 0 aromatic rings. The Bertz CT molecular complexity index is 543. The molecule has 126 valence electrons. The molecule has 1 N–H and O–H groups in total. The quantitative estimate of drug-likeness (QED) is 0.625. The number of allylic oxidation sites excluding steroid dienone is 1. The SMILES string of the molecule is C/C=C/C(=O)OCC1=C[C@H]2OC3(CCCCC3)O[C@H]2[C@@H](O)C1=O. The first-order valence-corrected chi connectivity index (χ1v) is 8.13. The third-order valence-electron chi connectivity index (χ3n) is 4.58. The summed E-state index contributed by atoms with van der Waals surface area (Å²) in [7, 11) is 0. The number of hydrogen-bond acceptors (Lipinski definition) is 6. The van der Waals surface area contributed by atoms with E-state index in [1.165, 1.54) is 6.08 Å². The average Bonchev–Trinajstić information content (AvgIpc) is 2.88. The predicted molar refractivity (Wildman–Crippen MR) is 80.4 cm³/mol. The van der Waals surface area contributed by atoms with Gasteiger partial charge in [-0.25, -0.2) is 4.79 Å². The van der Waals surface area contributed by atoms with Crippen molar-refractivity contribution in [3.8, 4) is 0 Å². The molecule has 0 unspecified atom stereocenters. The summed E-state index contributed by atoms with van der Waals surface area (Å²) < 4.78 is 17.0. The van der Waals surface area contributed by atoms with Crippen molar-refractivity contribution in [1.82, 2.24) is 0 Å². The van der Waals surface area contributed by atoms with E-state index >= 15 is 0 Å². The fraction of sp³-hybridized carbons (Fsp3) is 0.647. The normalized spacial score (nSPS) is 32.9. The van der Waals surface area contributed by atoms with Crippen molar-refractivity contribution >= 4 is 11.8 Å². The summed E-state index contributed by atoms with van der Waals surface area (Å²) >= 11 is 0. The van der Waals surface area contributed by atoms with Crippen LogP contribution in [-0.2, 0) is 23.8 Å². The lowest BCUT2D eigenvalue weighted by molar-refractivity contribution is -0.197. The Morgan fingerprint density at radius 3 is 2.83 bits per heavy atom. The fourth-order valence-corrected chi connectivity index (χ4v) is 3.43. The first kappa shape index (κ1) is 16.4. The summed E-state index contributed by atoms with van der Waals surface area (Å²) in [5, 5.41) is 10.3. The summed E-state index contributed by atoms with van der Waals surface area (Å²) in [6.07, 6.45) is 6.78. The smallest absolute Gasteiger partial charge is 0.330 e. The molecule has 0 aromatic carbocycles. The lowest BCUT2D eigenvalue weighted by Crippen LogP contribution is -2.45. The Hall–Kier alpha value is -1.50. The van der Waals surface area contributed by atoms with Crippen LogP contribution in [0.5, 0.6) is 0 Å². The molecule has 2 fully saturated rings. The van der Waals surface area contributed by atoms with Crippen LogP contribution in [-0.4, -0.2) is 47.6 Å². The predicted octanol–water partition coefficient (Wildman–Crippen LogP) is 1.42. The van der Waals surface area contributed by atoms with Crippen LogP contribution >= 0.6 is 0 Å². The molecule has 23 heavy (non-hydrogen) atoms. The molecule has 0 bridgehead atoms. The lowest BCUT2D eigenvalue weighted by Gasteiger charge is -2.32. The number of carbonyl (C=O) groups excluding carboxylic acids is 2. The summed E-state index contributed by atoms with van der Waals surface area (Å²) in [6, 6.07) is 0. The molecule has 1 saturated heterocycles. The molecule has 6 nitrogen and oxygen atoms in total. The van der Waals surface area contributed by atoms with Gasteiger partial charge in [0, 0.05) is 24.5 Å². The zero-order valence-electron chi connectivity index (χ0n) is 13.2. The van der Waals surface area contributed by atoms with Crippen LogP contribution in [0.4, 0.5) is 0 Å². The number of ether oxygens (including phenoxy) is 3. The Morgan fingerprint density at radius 2 is 2.13 bits per heavy atom. The maximum atomic E-state index is 12.2. The zero-order chi connectivity index (χ0) is 16.4. The first-order chi connectivity index (χ1) is 11.0. The number of hydrogen-bond donors (Lipinski definition) is 1. The van der Waals surface area contributed by atoms with Crippen molar-refractivity contribution in [3.63, 3.8) is 0 Å². The Kier molecular flexibility index (Phi) is 4.66. The number of ketones is 1. The van der Waals surface area contributed by atoms with E-state index in [0.29, 0.717) is 0 Å². The minimum Gasteiger partial charge on any atom is -0.458 e. The number of aliphatic hydroxyl groups is 1. The van der Waals surface area contributed by atoms with E-state index in [4.69, 9.17) is 14.2 Å². The molecule has 1 spiro atoms. The highest BCUT2D eigenvalue weighted by Crippen LogP contribution is 2.43. The van der Waals surface area contributed by atoms with Crippen molar-refractivity contribution in [2.45, 2.75) is 63.1 Å². The standard InChI is InChI=1S/C17H22O6/c1-2-6-13(18)21-10-11-9-12-16(15(20)14(11)19)23-17(22-12)7-4-3-5-8-17/h2,6,9,12,15-16,20H,3-5,7-8,10H2,1H3/b6-2+/t12-,15+,16-/m1/s1. The van der Waals surface area contributed by atoms with Gasteiger partial charge in [-0.3, -0.25) is 4.79 Å². The number of carbonyl (C=O) groups is 2. The molecular formula is C17H22O6. The van der Waals surface area contributed by atoms with Crippen molar-refractivity contribution in [2.24, 2.45) is 0 Å². The van der Waals surface area contributed by atoms with Crippen LogP contribution in [0.1, 0.15) is 39.0 Å². The summed E-state index contributed by atoms with van der Waals surface area (Å²) in [5.41, 5.74) is 0.257. The van der Waals surface area contributed by atoms with Crippen molar-refractivity contribution in [2.75, 3.05) is 6.61 Å². The number of rotatable bonds is 3. The van der Waals surface area contributed by atoms with Crippen LogP contribution in [0.2, 0.25) is 0 Å². The second kappa shape index (κ2) is 6.55. The van der Waals surface area contributed by atoms with Gasteiger partial charge < -0.3 is 19.3 Å². The molecule has 3 rings (SSSR count). The van der Waals surface area contributed by atoms with E-state index in [-0.39, 0.29) is 12.2 Å². The minimum atomic E-state index is -1.28. The minimum absolute atomic E-state index is 0.168. The van der Waals surface area contributed by atoms with Gasteiger partial charge in [0.1, 0.15) is 24.9 Å². The van der Waals surface area contributed by atoms with E-state index in [9.17, 15) is 14.7 Å². The maximum Gasteiger partial charge on any atom is 0.330 e. The summed E-state index contributed by atoms with van der Waals surface area (Å²) in [4.78, 5) is 23.6. The van der Waals surface area contributed by atoms with Crippen molar-refractivity contribution < 1.29 is 28.9 Å². The Balaban J connectivity index is 1.72. The van der Waals surface area contributed by atoms with Crippen LogP contribution < -0.4 is 0 Å². The van der Waals surface area contributed by atoms with Gasteiger partial charge in [0.2, 0.25) is 0 Å². The molecule has 1 saturated carbocycles. The van der Waals surface area contributed by atoms with Crippen LogP contribution in [0.25, 0.3) is 0 Å². The number of aliphatic hydroxyl groups excluding tert-OH is 1. The summed E-state index contributed by atoms with van der Waals surface area (Å²) in [5.74, 6) is -1.66. The molecule has 2 aliphatic carbocycles. The van der Waals surface area contributed by atoms with E-state index in [1.54, 1.807) is 19.1 Å². The van der Waals surface area contributed by atoms with E-state index in [0.717, 1.165) is 32.1 Å². The molecule has 0 aromatic heterocycles. The maximum absolute atomic E-state index is 12.2. The lowest BCUT2D eigenvalue weighted by atomic mass is 9.91. The largest absolute Gasteiger partial charge is 0.458 e. The topological polar surface area (TPSA) is 82.1 Å². The molecule has 6 heteroatoms. The van der Waals surface area contributed by atoms with Gasteiger partial charge in [-0.2, -0.15) is 0 Å². The van der Waals surface area contributed by atoms with Gasteiger partial charge in [0.15, 0.2) is 11.6 Å². The van der Waals surface area contributed by atoms with Crippen molar-refractivity contribution in [1.29, 1.82) is 0 Å². The van der Waals surface area contributed by atoms with E-state index in [1.807, 2.05) is 0 Å². The number of Topliss-reactive ketones (excluding diaryl/α,β-unsaturated/α-hetero) is 1. The highest BCUT2D eigenvalue weighted by molar-refractivity contribution is 6.01. The molecular weight excluding hydrogens is 300 g/mol. The van der Waals surface area contributed by atoms with Gasteiger partial charge in [-0.1, -0.05) is 12.5 Å². The number of fused-ring (bicyclic) bond motifs is 1. The summed E-state index contributed by atoms with van der Waals surface area (Å²) in [6.45, 7) is 1.53. The molecule has 1 aliphatic heterocycles. The fourth-order valence-electron chi connectivity index (χ4n) is 3.43. The van der Waals surface area contributed by atoms with E-state index < -0.39 is 35.9 Å². The third-order valence-corrected chi connectivity index (χ3v) is 4.58. The van der Waals surface area contributed by atoms with Gasteiger partial charge in [0.25, 0.3) is 0 Å². The van der Waals surface area contributed by atoms with Gasteiger partial charge in [-0.15, -0.1) is 0 Å². The Labute approximate surface area is 135 Å². The van der Waals surface area contributed by atoms with Crippen molar-refractivity contribution in [3.05, 3.63) is 23.8 Å². The molecule has 1 heterocycles. The average molecular weight is 322 g/mol. The zero-order valence-corrected chi connectivity index (χ0v) is 13.2. The van der Waals surface area contributed by atoms with Gasteiger partial charge in [0.05, 0.1) is 0 Å². The number of esters is 1. The molecule has 3 aliphatic rings. The Morgan fingerprint density at radius 1 is 1.39 bits per heavy atom. The second-order valence-electron chi connectivity index (χ2n) is 6.24. The van der Waals surface area contributed by atoms with Crippen LogP contribution in [0.15, 0.2) is 23.8 Å².